The summed E-state index contributed by atoms with van der Waals surface area (Å²) >= 11 is 0. The number of halogens is 1. The summed E-state index contributed by atoms with van der Waals surface area (Å²) < 4.78 is 13.1. The Labute approximate surface area is 117 Å². The van der Waals surface area contributed by atoms with Crippen molar-refractivity contribution in [3.63, 3.8) is 0 Å². The first-order valence-electron chi connectivity index (χ1n) is 7.04. The fraction of sp³-hybridized carbons (Fsp3) is 0.571. The van der Waals surface area contributed by atoms with Crippen molar-refractivity contribution >= 4 is 6.03 Å². The molecular weight excluding hydrogens is 259 g/mol. The van der Waals surface area contributed by atoms with Gasteiger partial charge in [0.05, 0.1) is 12.2 Å². The van der Waals surface area contributed by atoms with Gasteiger partial charge in [0, 0.05) is 31.4 Å². The Kier molecular flexibility index (Phi) is 3.56. The monoisotopic (exact) mass is 278 g/mol. The average molecular weight is 278 g/mol. The zero-order valence-electron chi connectivity index (χ0n) is 11.5. The maximum Gasteiger partial charge on any atom is 0.318 e. The minimum absolute atomic E-state index is 0.0713. The standard InChI is InChI=1S/C14H19FN4O/c1-9(10-4-11(15)6-16-5-10)18-14(20)19-8-12-2-3-13(19)7-17-12/h4-6,9,12-13,17H,2-3,7-8H2,1H3,(H,18,20)/t9-,12?,13?/m0/s1. The molecule has 3 atom stereocenters. The lowest BCUT2D eigenvalue weighted by atomic mass is 9.93. The fourth-order valence-corrected chi connectivity index (χ4v) is 2.97. The number of rotatable bonds is 2. The predicted octanol–water partition coefficient (Wildman–Crippen LogP) is 1.43. The Hall–Kier alpha value is -1.69. The Morgan fingerprint density at radius 1 is 1.55 bits per heavy atom. The van der Waals surface area contributed by atoms with Crippen molar-refractivity contribution in [1.29, 1.82) is 0 Å². The number of pyridine rings is 1. The normalized spacial score (nSPS) is 26.4. The molecule has 0 aromatic carbocycles. The number of hydrogen-bond donors (Lipinski definition) is 2. The van der Waals surface area contributed by atoms with Crippen LogP contribution in [0.5, 0.6) is 0 Å². The van der Waals surface area contributed by atoms with Crippen molar-refractivity contribution in [3.05, 3.63) is 29.8 Å². The Morgan fingerprint density at radius 3 is 3.00 bits per heavy atom. The number of piperazine rings is 1. The van der Waals surface area contributed by atoms with Crippen LogP contribution in [-0.2, 0) is 0 Å². The Balaban J connectivity index is 1.64. The van der Waals surface area contributed by atoms with Gasteiger partial charge in [-0.2, -0.15) is 0 Å². The van der Waals surface area contributed by atoms with E-state index in [-0.39, 0.29) is 23.9 Å². The Bertz CT molecular complexity index is 502. The highest BCUT2D eigenvalue weighted by molar-refractivity contribution is 5.75. The number of fused-ring (bicyclic) bond motifs is 3. The highest BCUT2D eigenvalue weighted by Crippen LogP contribution is 2.23. The SMILES string of the molecule is C[C@H](NC(=O)N1CC2CCC1CN2)c1cncc(F)c1. The van der Waals surface area contributed by atoms with E-state index in [4.69, 9.17) is 0 Å². The van der Waals surface area contributed by atoms with Crippen LogP contribution in [0.2, 0.25) is 0 Å². The number of carbonyl (C=O) groups is 1. The van der Waals surface area contributed by atoms with E-state index >= 15 is 0 Å². The molecule has 4 heterocycles. The number of nitrogens with one attached hydrogen (secondary N) is 2. The molecule has 3 aliphatic heterocycles. The Morgan fingerprint density at radius 2 is 2.40 bits per heavy atom. The van der Waals surface area contributed by atoms with E-state index < -0.39 is 0 Å². The quantitative estimate of drug-likeness (QED) is 0.860. The molecule has 3 fully saturated rings. The van der Waals surface area contributed by atoms with Gasteiger partial charge in [-0.25, -0.2) is 9.18 Å². The van der Waals surface area contributed by atoms with Crippen LogP contribution < -0.4 is 10.6 Å². The molecule has 108 valence electrons. The van der Waals surface area contributed by atoms with Gasteiger partial charge in [0.1, 0.15) is 5.82 Å². The van der Waals surface area contributed by atoms with E-state index in [0.717, 1.165) is 32.1 Å². The number of aromatic nitrogens is 1. The van der Waals surface area contributed by atoms with Crippen LogP contribution in [0.15, 0.2) is 18.5 Å². The topological polar surface area (TPSA) is 57.3 Å². The summed E-state index contributed by atoms with van der Waals surface area (Å²) in [6.07, 6.45) is 4.93. The molecule has 0 radical (unpaired) electrons. The van der Waals surface area contributed by atoms with Gasteiger partial charge in [-0.05, 0) is 31.4 Å². The first-order chi connectivity index (χ1) is 9.63. The molecule has 6 heteroatoms. The minimum atomic E-state index is -0.384. The molecule has 2 amide bonds. The number of nitrogens with zero attached hydrogens (tertiary/aromatic N) is 2. The van der Waals surface area contributed by atoms with Crippen LogP contribution in [0.3, 0.4) is 0 Å². The number of amides is 2. The molecule has 1 aromatic heterocycles. The molecule has 0 saturated carbocycles. The highest BCUT2D eigenvalue weighted by atomic mass is 19.1. The van der Waals surface area contributed by atoms with Crippen molar-refractivity contribution in [2.24, 2.45) is 0 Å². The van der Waals surface area contributed by atoms with Crippen LogP contribution >= 0.6 is 0 Å². The van der Waals surface area contributed by atoms with Gasteiger partial charge < -0.3 is 15.5 Å². The predicted molar refractivity (Wildman–Crippen MR) is 72.7 cm³/mol. The molecule has 20 heavy (non-hydrogen) atoms. The lowest BCUT2D eigenvalue weighted by Crippen LogP contribution is -2.64. The van der Waals surface area contributed by atoms with Crippen LogP contribution in [0.25, 0.3) is 0 Å². The molecule has 0 aliphatic carbocycles. The average Bonchev–Trinajstić information content (AvgIpc) is 2.48. The molecule has 1 aromatic rings. The van der Waals surface area contributed by atoms with Crippen LogP contribution in [0, 0.1) is 5.82 Å². The maximum absolute atomic E-state index is 13.1. The van der Waals surface area contributed by atoms with Crippen LogP contribution in [0.4, 0.5) is 9.18 Å². The lowest BCUT2D eigenvalue weighted by molar-refractivity contribution is 0.0963. The summed E-state index contributed by atoms with van der Waals surface area (Å²) in [5.41, 5.74) is 0.679. The second kappa shape index (κ2) is 5.36. The van der Waals surface area contributed by atoms with E-state index in [1.165, 1.54) is 6.07 Å². The second-order valence-corrected chi connectivity index (χ2v) is 5.60. The zero-order chi connectivity index (χ0) is 14.1. The maximum atomic E-state index is 13.1. The minimum Gasteiger partial charge on any atom is -0.331 e. The summed E-state index contributed by atoms with van der Waals surface area (Å²) in [5.74, 6) is -0.384. The number of urea groups is 1. The van der Waals surface area contributed by atoms with Gasteiger partial charge in [-0.3, -0.25) is 4.98 Å². The number of piperidine rings is 2. The highest BCUT2D eigenvalue weighted by Gasteiger charge is 2.36. The van der Waals surface area contributed by atoms with E-state index in [9.17, 15) is 9.18 Å². The number of carbonyl (C=O) groups excluding carboxylic acids is 1. The van der Waals surface area contributed by atoms with Gasteiger partial charge in [0.25, 0.3) is 0 Å². The summed E-state index contributed by atoms with van der Waals surface area (Å²) in [4.78, 5) is 18.0. The molecule has 4 rings (SSSR count). The van der Waals surface area contributed by atoms with Crippen molar-refractivity contribution in [2.75, 3.05) is 13.1 Å². The van der Waals surface area contributed by atoms with Gasteiger partial charge in [0.2, 0.25) is 0 Å². The largest absolute Gasteiger partial charge is 0.331 e. The molecule has 2 unspecified atom stereocenters. The third-order valence-corrected chi connectivity index (χ3v) is 4.18. The first kappa shape index (κ1) is 13.3. The van der Waals surface area contributed by atoms with Crippen molar-refractivity contribution in [1.82, 2.24) is 20.5 Å². The third-order valence-electron chi connectivity index (χ3n) is 4.18. The second-order valence-electron chi connectivity index (χ2n) is 5.60. The first-order valence-corrected chi connectivity index (χ1v) is 7.04. The third kappa shape index (κ3) is 2.60. The van der Waals surface area contributed by atoms with Crippen molar-refractivity contribution < 1.29 is 9.18 Å². The van der Waals surface area contributed by atoms with Gasteiger partial charge in [-0.15, -0.1) is 0 Å². The summed E-state index contributed by atoms with van der Waals surface area (Å²) in [5, 5.41) is 6.35. The summed E-state index contributed by atoms with van der Waals surface area (Å²) in [6, 6.07) is 1.77. The molecule has 3 aliphatic rings. The van der Waals surface area contributed by atoms with E-state index in [0.29, 0.717) is 11.6 Å². The zero-order valence-corrected chi connectivity index (χ0v) is 11.5. The molecule has 3 saturated heterocycles. The van der Waals surface area contributed by atoms with Crippen molar-refractivity contribution in [3.8, 4) is 0 Å². The lowest BCUT2D eigenvalue weighted by Gasteiger charge is -2.46. The number of hydrogen-bond acceptors (Lipinski definition) is 3. The van der Waals surface area contributed by atoms with E-state index in [2.05, 4.69) is 15.6 Å². The van der Waals surface area contributed by atoms with E-state index in [1.807, 2.05) is 11.8 Å². The van der Waals surface area contributed by atoms with Crippen molar-refractivity contribution in [2.45, 2.75) is 37.9 Å². The van der Waals surface area contributed by atoms with Crippen LogP contribution in [-0.4, -0.2) is 41.1 Å². The molecule has 2 N–H and O–H groups in total. The summed E-state index contributed by atoms with van der Waals surface area (Å²) in [7, 11) is 0. The smallest absolute Gasteiger partial charge is 0.318 e. The molecule has 2 bridgehead atoms. The molecule has 5 nitrogen and oxygen atoms in total. The molecular formula is C14H19FN4O. The van der Waals surface area contributed by atoms with Crippen LogP contribution in [0.1, 0.15) is 31.4 Å². The van der Waals surface area contributed by atoms with E-state index in [1.54, 1.807) is 6.20 Å². The fourth-order valence-electron chi connectivity index (χ4n) is 2.97. The van der Waals surface area contributed by atoms with Gasteiger partial charge in [0.15, 0.2) is 0 Å². The molecule has 0 spiro atoms. The van der Waals surface area contributed by atoms with Gasteiger partial charge in [-0.1, -0.05) is 0 Å². The summed E-state index contributed by atoms with van der Waals surface area (Å²) in [6.45, 7) is 3.47. The van der Waals surface area contributed by atoms with Gasteiger partial charge >= 0.3 is 6.03 Å².